The van der Waals surface area contributed by atoms with Crippen LogP contribution in [0.25, 0.3) is 77.2 Å². The number of para-hydroxylation sites is 6. The standard InChI is InChI=1S/C64H49N3/c1-2-16-48(17-3-1)65-58-25-10-5-20-51(58)53-39-43(29-31-60(53)65)44-30-32-61-54(40-44)52-21-6-11-26-59(52)66(61)49-18-14-15-45(38-49)50-19-4-9-24-57(50)67-62-27-12-7-22-55(62)64(56-23-8-13-28-63(56)67)46-34-41-33-42(36-46)37-47(64)35-41/h1-32,38-42,46-47H,33-37H2. The van der Waals surface area contributed by atoms with Gasteiger partial charge in [0.25, 0.3) is 0 Å². The monoisotopic (exact) mass is 859 g/mol. The lowest BCUT2D eigenvalue weighted by Gasteiger charge is -2.64. The summed E-state index contributed by atoms with van der Waals surface area (Å²) in [6, 6.07) is 79.8. The van der Waals surface area contributed by atoms with Crippen LogP contribution < -0.4 is 4.90 Å². The van der Waals surface area contributed by atoms with E-state index in [2.05, 4.69) is 226 Å². The van der Waals surface area contributed by atoms with Crippen molar-refractivity contribution in [3.05, 3.63) is 223 Å². The molecule has 4 fully saturated rings. The fourth-order valence-electron chi connectivity index (χ4n) is 14.5. The number of fused-ring (bicyclic) bond motifs is 8. The van der Waals surface area contributed by atoms with Crippen molar-refractivity contribution in [2.45, 2.75) is 37.5 Å². The summed E-state index contributed by atoms with van der Waals surface area (Å²) in [4.78, 5) is 2.61. The lowest BCUT2D eigenvalue weighted by molar-refractivity contribution is -0.0419. The number of nitrogens with zero attached hydrogens (tertiary/aromatic N) is 3. The predicted octanol–water partition coefficient (Wildman–Crippen LogP) is 16.7. The molecule has 9 aromatic carbocycles. The zero-order valence-electron chi connectivity index (χ0n) is 37.4. The van der Waals surface area contributed by atoms with Gasteiger partial charge in [0.15, 0.2) is 0 Å². The molecule has 0 unspecified atom stereocenters. The van der Waals surface area contributed by atoms with E-state index in [1.165, 1.54) is 121 Å². The molecule has 0 radical (unpaired) electrons. The smallest absolute Gasteiger partial charge is 0.0541 e. The molecule has 3 heterocycles. The van der Waals surface area contributed by atoms with Crippen LogP contribution in [-0.4, -0.2) is 9.13 Å². The third kappa shape index (κ3) is 5.29. The first-order chi connectivity index (χ1) is 33.2. The Morgan fingerprint density at radius 1 is 0.328 bits per heavy atom. The van der Waals surface area contributed by atoms with Crippen LogP contribution in [0.4, 0.5) is 17.1 Å². The second-order valence-electron chi connectivity index (χ2n) is 20.1. The second kappa shape index (κ2) is 14.2. The molecule has 16 rings (SSSR count). The van der Waals surface area contributed by atoms with E-state index in [0.29, 0.717) is 11.8 Å². The van der Waals surface area contributed by atoms with Crippen LogP contribution in [0.3, 0.4) is 0 Å². The van der Waals surface area contributed by atoms with E-state index in [4.69, 9.17) is 0 Å². The van der Waals surface area contributed by atoms with E-state index in [1.807, 2.05) is 0 Å². The van der Waals surface area contributed by atoms with Crippen LogP contribution in [0.15, 0.2) is 212 Å². The lowest BCUT2D eigenvalue weighted by atomic mass is 9.41. The largest absolute Gasteiger partial charge is 0.309 e. The topological polar surface area (TPSA) is 13.1 Å². The van der Waals surface area contributed by atoms with E-state index in [9.17, 15) is 0 Å². The summed E-state index contributed by atoms with van der Waals surface area (Å²) < 4.78 is 4.86. The fraction of sp³-hybridized carbons (Fsp3) is 0.156. The molecule has 3 nitrogen and oxygen atoms in total. The van der Waals surface area contributed by atoms with Crippen LogP contribution in [0.5, 0.6) is 0 Å². The normalized spacial score (nSPS) is 20.0. The Morgan fingerprint density at radius 3 is 1.42 bits per heavy atom. The Morgan fingerprint density at radius 2 is 0.806 bits per heavy atom. The average Bonchev–Trinajstić information content (AvgIpc) is 3.90. The Balaban J connectivity index is 0.855. The zero-order valence-corrected chi connectivity index (χ0v) is 37.4. The third-order valence-electron chi connectivity index (χ3n) is 16.9. The number of rotatable bonds is 5. The number of aromatic nitrogens is 2. The molecule has 4 saturated carbocycles. The van der Waals surface area contributed by atoms with Crippen LogP contribution >= 0.6 is 0 Å². The van der Waals surface area contributed by atoms with Gasteiger partial charge in [0.05, 0.1) is 39.1 Å². The van der Waals surface area contributed by atoms with Crippen LogP contribution in [0, 0.1) is 23.7 Å². The van der Waals surface area contributed by atoms with Gasteiger partial charge >= 0.3 is 0 Å². The van der Waals surface area contributed by atoms with E-state index < -0.39 is 0 Å². The summed E-state index contributed by atoms with van der Waals surface area (Å²) in [6.45, 7) is 0. The highest BCUT2D eigenvalue weighted by molar-refractivity contribution is 6.13. The van der Waals surface area contributed by atoms with Gasteiger partial charge in [-0.25, -0.2) is 0 Å². The van der Waals surface area contributed by atoms with Crippen molar-refractivity contribution in [3.8, 4) is 33.6 Å². The van der Waals surface area contributed by atoms with E-state index in [-0.39, 0.29) is 5.41 Å². The van der Waals surface area contributed by atoms with Gasteiger partial charge in [-0.15, -0.1) is 0 Å². The molecule has 11 aromatic rings. The highest BCUT2D eigenvalue weighted by Crippen LogP contribution is 2.69. The maximum Gasteiger partial charge on any atom is 0.0541 e. The molecular weight excluding hydrogens is 811 g/mol. The molecule has 4 aliphatic carbocycles. The molecule has 0 saturated heterocycles. The number of hydrogen-bond acceptors (Lipinski definition) is 1. The highest BCUT2D eigenvalue weighted by atomic mass is 15.2. The molecule has 5 aliphatic rings. The summed E-state index contributed by atoms with van der Waals surface area (Å²) in [6.07, 6.45) is 6.96. The molecule has 1 spiro atoms. The minimum Gasteiger partial charge on any atom is -0.309 e. The van der Waals surface area contributed by atoms with Crippen LogP contribution in [0.2, 0.25) is 0 Å². The number of anilines is 3. The highest BCUT2D eigenvalue weighted by Gasteiger charge is 2.61. The summed E-state index contributed by atoms with van der Waals surface area (Å²) >= 11 is 0. The molecule has 320 valence electrons. The van der Waals surface area contributed by atoms with Gasteiger partial charge in [-0.1, -0.05) is 133 Å². The van der Waals surface area contributed by atoms with Gasteiger partial charge in [-0.3, -0.25) is 0 Å². The maximum absolute atomic E-state index is 2.61. The predicted molar refractivity (Wildman–Crippen MR) is 278 cm³/mol. The molecule has 3 heteroatoms. The van der Waals surface area contributed by atoms with Crippen molar-refractivity contribution in [2.24, 2.45) is 23.7 Å². The van der Waals surface area contributed by atoms with Crippen molar-refractivity contribution in [1.82, 2.24) is 9.13 Å². The number of benzene rings is 9. The zero-order chi connectivity index (χ0) is 43.8. The molecule has 67 heavy (non-hydrogen) atoms. The summed E-state index contributed by atoms with van der Waals surface area (Å²) in [5.41, 5.74) is 19.2. The van der Waals surface area contributed by atoms with Gasteiger partial charge in [0.1, 0.15) is 0 Å². The van der Waals surface area contributed by atoms with Gasteiger partial charge < -0.3 is 14.0 Å². The minimum absolute atomic E-state index is 0.0813. The van der Waals surface area contributed by atoms with Crippen molar-refractivity contribution >= 4 is 60.7 Å². The molecular formula is C64H49N3. The first-order valence-corrected chi connectivity index (χ1v) is 24.5. The van der Waals surface area contributed by atoms with Crippen molar-refractivity contribution in [3.63, 3.8) is 0 Å². The van der Waals surface area contributed by atoms with E-state index in [0.717, 1.165) is 17.5 Å². The maximum atomic E-state index is 2.61. The van der Waals surface area contributed by atoms with Gasteiger partial charge in [-0.05, 0) is 162 Å². The first-order valence-electron chi connectivity index (χ1n) is 24.5. The third-order valence-corrected chi connectivity index (χ3v) is 16.9. The van der Waals surface area contributed by atoms with Gasteiger partial charge in [-0.2, -0.15) is 0 Å². The SMILES string of the molecule is c1ccc(-n2c3ccccc3c3cc(-c4ccc5c(c4)c4ccccc4n5-c4cccc(-c5ccccc5N5c6ccccc6C6(c7ccccc75)C5CC7CC(C5)CC6C7)c4)ccc32)cc1. The van der Waals surface area contributed by atoms with Gasteiger partial charge in [0.2, 0.25) is 0 Å². The van der Waals surface area contributed by atoms with E-state index in [1.54, 1.807) is 11.1 Å². The quantitative estimate of drug-likeness (QED) is 0.168. The number of hydrogen-bond donors (Lipinski definition) is 0. The Bertz CT molecular complexity index is 3710. The Labute approximate surface area is 391 Å². The van der Waals surface area contributed by atoms with Crippen molar-refractivity contribution in [1.29, 1.82) is 0 Å². The molecule has 2 aromatic heterocycles. The Hall–Kier alpha value is -7.62. The minimum atomic E-state index is 0.0813. The molecule has 0 amide bonds. The van der Waals surface area contributed by atoms with Crippen LogP contribution in [0.1, 0.15) is 43.2 Å². The lowest BCUT2D eigenvalue weighted by Crippen LogP contribution is -2.57. The average molecular weight is 860 g/mol. The Kier molecular flexibility index (Phi) is 7.96. The van der Waals surface area contributed by atoms with Gasteiger partial charge in [0, 0.05) is 43.9 Å². The van der Waals surface area contributed by atoms with E-state index >= 15 is 0 Å². The van der Waals surface area contributed by atoms with Crippen molar-refractivity contribution < 1.29 is 0 Å². The second-order valence-corrected chi connectivity index (χ2v) is 20.1. The fourth-order valence-corrected chi connectivity index (χ4v) is 14.5. The first kappa shape index (κ1) is 37.6. The molecule has 0 atom stereocenters. The summed E-state index contributed by atoms with van der Waals surface area (Å²) in [5, 5.41) is 5.04. The van der Waals surface area contributed by atoms with Crippen molar-refractivity contribution in [2.75, 3.05) is 4.90 Å². The van der Waals surface area contributed by atoms with Crippen LogP contribution in [-0.2, 0) is 5.41 Å². The molecule has 0 N–H and O–H groups in total. The summed E-state index contributed by atoms with van der Waals surface area (Å²) in [5.74, 6) is 3.23. The molecule has 1 aliphatic heterocycles. The molecule has 4 bridgehead atoms. The summed E-state index contributed by atoms with van der Waals surface area (Å²) in [7, 11) is 0.